The summed E-state index contributed by atoms with van der Waals surface area (Å²) in [6.45, 7) is 9.42. The highest BCUT2D eigenvalue weighted by molar-refractivity contribution is 5.90. The predicted octanol–water partition coefficient (Wildman–Crippen LogP) is 0.718. The number of carbonyl (C=O) groups excluding carboxylic acids is 3. The smallest absolute Gasteiger partial charge is 0.333 e. The summed E-state index contributed by atoms with van der Waals surface area (Å²) in [6, 6.07) is -1.17. The molecule has 0 rings (SSSR count). The summed E-state index contributed by atoms with van der Waals surface area (Å²) in [6.07, 6.45) is 1.22. The quantitative estimate of drug-likeness (QED) is 0.402. The number of carbonyl (C=O) groups is 3. The number of amides is 2. The van der Waals surface area contributed by atoms with Gasteiger partial charge in [0.2, 0.25) is 11.8 Å². The minimum Gasteiger partial charge on any atom is -0.463 e. The number of nitrogens with zero attached hydrogens (tertiary/aromatic N) is 1. The van der Waals surface area contributed by atoms with Crippen LogP contribution in [0.25, 0.3) is 0 Å². The van der Waals surface area contributed by atoms with E-state index in [1.807, 2.05) is 13.8 Å². The molecule has 2 N–H and O–H groups in total. The van der Waals surface area contributed by atoms with E-state index in [0.29, 0.717) is 5.57 Å². The molecule has 0 aliphatic rings. The SMILES string of the molecule is CCOC(=O)/C(C)=C/C(C(C)C)N(C)C(=O)C(NC(=O)CNC)C(C)OC. The maximum atomic E-state index is 13.1. The second-order valence-corrected chi connectivity index (χ2v) is 6.77. The monoisotopic (exact) mass is 385 g/mol. The molecule has 2 amide bonds. The van der Waals surface area contributed by atoms with Crippen LogP contribution in [0.1, 0.15) is 34.6 Å². The van der Waals surface area contributed by atoms with E-state index in [1.54, 1.807) is 40.9 Å². The molecule has 0 spiro atoms. The fourth-order valence-electron chi connectivity index (χ4n) is 2.59. The summed E-state index contributed by atoms with van der Waals surface area (Å²) in [7, 11) is 4.79. The van der Waals surface area contributed by atoms with Crippen molar-refractivity contribution in [1.82, 2.24) is 15.5 Å². The Morgan fingerprint density at radius 1 is 1.19 bits per heavy atom. The zero-order chi connectivity index (χ0) is 21.1. The van der Waals surface area contributed by atoms with E-state index >= 15 is 0 Å². The van der Waals surface area contributed by atoms with Crippen molar-refractivity contribution in [2.24, 2.45) is 5.92 Å². The third kappa shape index (κ3) is 8.09. The Kier molecular flexibility index (Phi) is 11.6. The Morgan fingerprint density at radius 2 is 1.78 bits per heavy atom. The van der Waals surface area contributed by atoms with E-state index in [4.69, 9.17) is 9.47 Å². The second-order valence-electron chi connectivity index (χ2n) is 6.77. The summed E-state index contributed by atoms with van der Waals surface area (Å²) in [5, 5.41) is 5.46. The van der Waals surface area contributed by atoms with Crippen molar-refractivity contribution >= 4 is 17.8 Å². The van der Waals surface area contributed by atoms with Gasteiger partial charge in [0.25, 0.3) is 0 Å². The van der Waals surface area contributed by atoms with Gasteiger partial charge in [-0.25, -0.2) is 4.79 Å². The van der Waals surface area contributed by atoms with Crippen LogP contribution >= 0.6 is 0 Å². The lowest BCUT2D eigenvalue weighted by molar-refractivity contribution is -0.141. The fraction of sp³-hybridized carbons (Fsp3) is 0.737. The van der Waals surface area contributed by atoms with Crippen molar-refractivity contribution in [2.45, 2.75) is 52.8 Å². The van der Waals surface area contributed by atoms with Gasteiger partial charge in [-0.1, -0.05) is 19.9 Å². The molecule has 0 aromatic rings. The number of hydrogen-bond acceptors (Lipinski definition) is 6. The Balaban J connectivity index is 5.56. The Bertz CT molecular complexity index is 533. The molecule has 0 heterocycles. The van der Waals surface area contributed by atoms with E-state index in [1.165, 1.54) is 12.0 Å². The predicted molar refractivity (Wildman–Crippen MR) is 104 cm³/mol. The molecule has 3 atom stereocenters. The lowest BCUT2D eigenvalue weighted by Gasteiger charge is -2.34. The lowest BCUT2D eigenvalue weighted by atomic mass is 9.98. The van der Waals surface area contributed by atoms with Crippen LogP contribution < -0.4 is 10.6 Å². The van der Waals surface area contributed by atoms with Gasteiger partial charge in [-0.05, 0) is 33.7 Å². The number of hydrogen-bond donors (Lipinski definition) is 2. The van der Waals surface area contributed by atoms with Gasteiger partial charge in [0.1, 0.15) is 6.04 Å². The number of methoxy groups -OCH3 is 1. The summed E-state index contributed by atoms with van der Waals surface area (Å²) < 4.78 is 10.3. The molecule has 0 saturated carbocycles. The van der Waals surface area contributed by atoms with Gasteiger partial charge in [0.05, 0.1) is 25.3 Å². The minimum absolute atomic E-state index is 0.0508. The normalized spacial score (nSPS) is 15.1. The van der Waals surface area contributed by atoms with Crippen LogP contribution in [0.3, 0.4) is 0 Å². The highest BCUT2D eigenvalue weighted by atomic mass is 16.5. The molecule has 3 unspecified atom stereocenters. The highest BCUT2D eigenvalue weighted by Gasteiger charge is 2.33. The minimum atomic E-state index is -0.835. The maximum absolute atomic E-state index is 13.1. The molecular formula is C19H35N3O5. The van der Waals surface area contributed by atoms with Gasteiger partial charge in [-0.3, -0.25) is 9.59 Å². The summed E-state index contributed by atoms with van der Waals surface area (Å²) in [5.41, 5.74) is 0.436. The molecule has 8 nitrogen and oxygen atoms in total. The molecule has 8 heteroatoms. The maximum Gasteiger partial charge on any atom is 0.333 e. The van der Waals surface area contributed by atoms with E-state index in [2.05, 4.69) is 10.6 Å². The summed E-state index contributed by atoms with van der Waals surface area (Å²) >= 11 is 0. The first-order valence-corrected chi connectivity index (χ1v) is 9.19. The molecule has 0 saturated heterocycles. The molecule has 0 aromatic heterocycles. The largest absolute Gasteiger partial charge is 0.463 e. The third-order valence-corrected chi connectivity index (χ3v) is 4.26. The molecule has 0 fully saturated rings. The first kappa shape index (κ1) is 25.1. The van der Waals surface area contributed by atoms with Gasteiger partial charge < -0.3 is 25.0 Å². The van der Waals surface area contributed by atoms with Gasteiger partial charge in [0.15, 0.2) is 0 Å². The standard InChI is InChI=1S/C19H35N3O5/c1-9-27-19(25)13(4)10-15(12(2)3)22(7)18(24)17(14(5)26-8)21-16(23)11-20-6/h10,12,14-15,17,20H,9,11H2,1-8H3,(H,21,23)/b13-10+. The second kappa shape index (κ2) is 12.5. The summed E-state index contributed by atoms with van der Waals surface area (Å²) in [4.78, 5) is 38.5. The van der Waals surface area contributed by atoms with Crippen LogP contribution in [0.15, 0.2) is 11.6 Å². The molecule has 156 valence electrons. The fourth-order valence-corrected chi connectivity index (χ4v) is 2.59. The molecule has 0 aromatic carbocycles. The van der Waals surface area contributed by atoms with E-state index in [9.17, 15) is 14.4 Å². The van der Waals surface area contributed by atoms with Gasteiger partial charge in [0, 0.05) is 19.7 Å². The molecule has 27 heavy (non-hydrogen) atoms. The van der Waals surface area contributed by atoms with Crippen LogP contribution in [-0.2, 0) is 23.9 Å². The topological polar surface area (TPSA) is 97.0 Å². The van der Waals surface area contributed by atoms with Crippen molar-refractivity contribution in [1.29, 1.82) is 0 Å². The zero-order valence-electron chi connectivity index (χ0n) is 17.8. The number of rotatable bonds is 11. The van der Waals surface area contributed by atoms with Crippen molar-refractivity contribution in [2.75, 3.05) is 34.4 Å². The van der Waals surface area contributed by atoms with E-state index in [-0.39, 0.29) is 36.9 Å². The lowest BCUT2D eigenvalue weighted by Crippen LogP contribution is -2.56. The van der Waals surface area contributed by atoms with Crippen LogP contribution in [0.2, 0.25) is 0 Å². The zero-order valence-corrected chi connectivity index (χ0v) is 17.8. The first-order chi connectivity index (χ1) is 12.6. The molecule has 0 aliphatic carbocycles. The Labute approximate surface area is 162 Å². The van der Waals surface area contributed by atoms with Gasteiger partial charge in [-0.15, -0.1) is 0 Å². The highest BCUT2D eigenvalue weighted by Crippen LogP contribution is 2.16. The van der Waals surface area contributed by atoms with Crippen molar-refractivity contribution in [3.05, 3.63) is 11.6 Å². The number of ether oxygens (including phenoxy) is 2. The number of nitrogens with one attached hydrogen (secondary N) is 2. The molecule has 0 bridgehead atoms. The van der Waals surface area contributed by atoms with Gasteiger partial charge in [-0.2, -0.15) is 0 Å². The average Bonchev–Trinajstić information content (AvgIpc) is 2.62. The molecule has 0 radical (unpaired) electrons. The van der Waals surface area contributed by atoms with E-state index < -0.39 is 18.1 Å². The van der Waals surface area contributed by atoms with Crippen LogP contribution in [0, 0.1) is 5.92 Å². The van der Waals surface area contributed by atoms with Crippen molar-refractivity contribution in [3.8, 4) is 0 Å². The van der Waals surface area contributed by atoms with Crippen LogP contribution in [0.5, 0.6) is 0 Å². The summed E-state index contributed by atoms with van der Waals surface area (Å²) in [5.74, 6) is -0.948. The van der Waals surface area contributed by atoms with Crippen molar-refractivity contribution < 1.29 is 23.9 Å². The Hall–Kier alpha value is -1.93. The van der Waals surface area contributed by atoms with E-state index in [0.717, 1.165) is 0 Å². The van der Waals surface area contributed by atoms with Crippen LogP contribution in [0.4, 0.5) is 0 Å². The Morgan fingerprint density at radius 3 is 2.22 bits per heavy atom. The number of esters is 1. The molecular weight excluding hydrogens is 350 g/mol. The average molecular weight is 386 g/mol. The van der Waals surface area contributed by atoms with Crippen LogP contribution in [-0.4, -0.2) is 75.2 Å². The number of likely N-dealkylation sites (N-methyl/N-ethyl adjacent to an activating group) is 2. The van der Waals surface area contributed by atoms with Crippen molar-refractivity contribution in [3.63, 3.8) is 0 Å². The molecule has 0 aliphatic heterocycles. The van der Waals surface area contributed by atoms with Gasteiger partial charge >= 0.3 is 5.97 Å². The third-order valence-electron chi connectivity index (χ3n) is 4.26. The first-order valence-electron chi connectivity index (χ1n) is 9.19.